The molecule has 0 saturated carbocycles. The fourth-order valence-electron chi connectivity index (χ4n) is 1.38. The van der Waals surface area contributed by atoms with Crippen LogP contribution in [0, 0.1) is 17.1 Å². The summed E-state index contributed by atoms with van der Waals surface area (Å²) >= 11 is 0. The Balaban J connectivity index is 0.000000686. The average molecular weight is 227 g/mol. The molecule has 0 aliphatic heterocycles. The highest BCUT2D eigenvalue weighted by Crippen LogP contribution is 2.19. The van der Waals surface area contributed by atoms with E-state index in [0.29, 0.717) is 5.56 Å². The Bertz CT molecular complexity index is 492. The maximum absolute atomic E-state index is 12.7. The fraction of sp³-hybridized carbons (Fsp3) is 0.133. The van der Waals surface area contributed by atoms with E-state index in [-0.39, 0.29) is 5.82 Å². The third-order valence-corrected chi connectivity index (χ3v) is 2.19. The quantitative estimate of drug-likeness (QED) is 0.708. The van der Waals surface area contributed by atoms with Crippen molar-refractivity contribution in [1.82, 2.24) is 0 Å². The summed E-state index contributed by atoms with van der Waals surface area (Å²) in [5.74, 6) is -0.243. The molecule has 2 aromatic carbocycles. The van der Waals surface area contributed by atoms with Crippen LogP contribution in [0.5, 0.6) is 0 Å². The number of rotatable bonds is 1. The van der Waals surface area contributed by atoms with Gasteiger partial charge in [0.25, 0.3) is 0 Å². The van der Waals surface area contributed by atoms with Crippen molar-refractivity contribution in [2.45, 2.75) is 13.8 Å². The summed E-state index contributed by atoms with van der Waals surface area (Å²) < 4.78 is 12.7. The molecule has 0 bridgehead atoms. The second-order valence-electron chi connectivity index (χ2n) is 3.20. The van der Waals surface area contributed by atoms with E-state index in [1.165, 1.54) is 12.1 Å². The highest BCUT2D eigenvalue weighted by Gasteiger charge is 1.97. The minimum Gasteiger partial charge on any atom is -0.207 e. The van der Waals surface area contributed by atoms with E-state index in [1.54, 1.807) is 24.3 Å². The molecule has 0 heterocycles. The van der Waals surface area contributed by atoms with Gasteiger partial charge in [0.2, 0.25) is 0 Å². The van der Waals surface area contributed by atoms with Gasteiger partial charge < -0.3 is 0 Å². The first-order valence-corrected chi connectivity index (χ1v) is 5.56. The number of hydrogen-bond donors (Lipinski definition) is 0. The van der Waals surface area contributed by atoms with Gasteiger partial charge in [-0.3, -0.25) is 0 Å². The van der Waals surface area contributed by atoms with Crippen LogP contribution in [0.4, 0.5) is 4.39 Å². The number of nitrogens with zero attached hydrogens (tertiary/aromatic N) is 1. The van der Waals surface area contributed by atoms with Gasteiger partial charge in [-0.15, -0.1) is 0 Å². The molecule has 86 valence electrons. The largest absolute Gasteiger partial charge is 0.207 e. The normalized spacial score (nSPS) is 8.82. The van der Waals surface area contributed by atoms with Gasteiger partial charge in [-0.1, -0.05) is 38.1 Å². The predicted octanol–water partition coefficient (Wildman–Crippen LogP) is 4.39. The molecule has 0 radical (unpaired) electrons. The SMILES string of the molecule is CC.N#Cc1ccc(-c2ccc(F)cc2)cc1. The van der Waals surface area contributed by atoms with Gasteiger partial charge in [-0.25, -0.2) is 4.39 Å². The van der Waals surface area contributed by atoms with Gasteiger partial charge in [-0.2, -0.15) is 5.26 Å². The van der Waals surface area contributed by atoms with Crippen LogP contribution in [-0.4, -0.2) is 0 Å². The molecule has 0 atom stereocenters. The summed E-state index contributed by atoms with van der Waals surface area (Å²) in [5, 5.41) is 8.64. The predicted molar refractivity (Wildman–Crippen MR) is 67.9 cm³/mol. The second-order valence-corrected chi connectivity index (χ2v) is 3.20. The molecule has 0 unspecified atom stereocenters. The van der Waals surface area contributed by atoms with Gasteiger partial charge in [0, 0.05) is 0 Å². The van der Waals surface area contributed by atoms with Crippen molar-refractivity contribution in [3.63, 3.8) is 0 Å². The third-order valence-electron chi connectivity index (χ3n) is 2.19. The third kappa shape index (κ3) is 3.42. The average Bonchev–Trinajstić information content (AvgIpc) is 2.42. The van der Waals surface area contributed by atoms with Crippen molar-refractivity contribution in [3.8, 4) is 17.2 Å². The summed E-state index contributed by atoms with van der Waals surface area (Å²) in [6.45, 7) is 4.00. The number of nitriles is 1. The topological polar surface area (TPSA) is 23.8 Å². The highest BCUT2D eigenvalue weighted by molar-refractivity contribution is 5.64. The van der Waals surface area contributed by atoms with Crippen molar-refractivity contribution in [1.29, 1.82) is 5.26 Å². The number of hydrogen-bond acceptors (Lipinski definition) is 1. The van der Waals surface area contributed by atoms with Crippen LogP contribution in [0.1, 0.15) is 19.4 Å². The molecular weight excluding hydrogens is 213 g/mol. The molecule has 2 rings (SSSR count). The van der Waals surface area contributed by atoms with E-state index < -0.39 is 0 Å². The molecule has 0 N–H and O–H groups in total. The van der Waals surface area contributed by atoms with Crippen molar-refractivity contribution in [2.75, 3.05) is 0 Å². The molecule has 17 heavy (non-hydrogen) atoms. The molecule has 0 amide bonds. The molecule has 2 heteroatoms. The number of benzene rings is 2. The van der Waals surface area contributed by atoms with E-state index >= 15 is 0 Å². The minimum atomic E-state index is -0.243. The zero-order chi connectivity index (χ0) is 12.7. The Morgan fingerprint density at radius 2 is 1.24 bits per heavy atom. The fourth-order valence-corrected chi connectivity index (χ4v) is 1.38. The van der Waals surface area contributed by atoms with Gasteiger partial charge in [0.05, 0.1) is 11.6 Å². The summed E-state index contributed by atoms with van der Waals surface area (Å²) in [4.78, 5) is 0. The lowest BCUT2D eigenvalue weighted by Gasteiger charge is -2.00. The summed E-state index contributed by atoms with van der Waals surface area (Å²) in [6.07, 6.45) is 0. The standard InChI is InChI=1S/C13H8FN.C2H6/c14-13-7-5-12(6-8-13)11-3-1-10(9-15)2-4-11;1-2/h1-8H;1-2H3. The van der Waals surface area contributed by atoms with Crippen LogP contribution < -0.4 is 0 Å². The molecule has 0 saturated heterocycles. The lowest BCUT2D eigenvalue weighted by atomic mass is 10.0. The van der Waals surface area contributed by atoms with Gasteiger partial charge in [-0.05, 0) is 35.4 Å². The zero-order valence-electron chi connectivity index (χ0n) is 9.94. The van der Waals surface area contributed by atoms with Crippen molar-refractivity contribution in [2.24, 2.45) is 0 Å². The lowest BCUT2D eigenvalue weighted by Crippen LogP contribution is -1.79. The molecule has 0 aliphatic rings. The van der Waals surface area contributed by atoms with Gasteiger partial charge in [0.1, 0.15) is 5.82 Å². The molecule has 1 nitrogen and oxygen atoms in total. The van der Waals surface area contributed by atoms with Crippen LogP contribution in [0.25, 0.3) is 11.1 Å². The minimum absolute atomic E-state index is 0.243. The number of halogens is 1. The van der Waals surface area contributed by atoms with Crippen LogP contribution in [0.15, 0.2) is 48.5 Å². The summed E-state index contributed by atoms with van der Waals surface area (Å²) in [6, 6.07) is 15.5. The van der Waals surface area contributed by atoms with E-state index in [2.05, 4.69) is 6.07 Å². The van der Waals surface area contributed by atoms with Crippen LogP contribution in [0.3, 0.4) is 0 Å². The highest BCUT2D eigenvalue weighted by atomic mass is 19.1. The Morgan fingerprint density at radius 1 is 0.824 bits per heavy atom. The van der Waals surface area contributed by atoms with Crippen molar-refractivity contribution < 1.29 is 4.39 Å². The van der Waals surface area contributed by atoms with Crippen molar-refractivity contribution in [3.05, 3.63) is 59.9 Å². The van der Waals surface area contributed by atoms with Crippen LogP contribution in [0.2, 0.25) is 0 Å². The first-order valence-electron chi connectivity index (χ1n) is 5.56. The molecule has 0 aromatic heterocycles. The monoisotopic (exact) mass is 227 g/mol. The van der Waals surface area contributed by atoms with Gasteiger partial charge in [0.15, 0.2) is 0 Å². The van der Waals surface area contributed by atoms with E-state index in [4.69, 9.17) is 5.26 Å². The smallest absolute Gasteiger partial charge is 0.123 e. The summed E-state index contributed by atoms with van der Waals surface area (Å²) in [5.41, 5.74) is 2.55. The lowest BCUT2D eigenvalue weighted by molar-refractivity contribution is 0.628. The maximum atomic E-state index is 12.7. The van der Waals surface area contributed by atoms with Crippen LogP contribution in [-0.2, 0) is 0 Å². The van der Waals surface area contributed by atoms with Crippen molar-refractivity contribution >= 4 is 0 Å². The Labute approximate surface area is 101 Å². The Morgan fingerprint density at radius 3 is 1.65 bits per heavy atom. The Hall–Kier alpha value is -2.14. The van der Waals surface area contributed by atoms with E-state index in [0.717, 1.165) is 11.1 Å². The first-order chi connectivity index (χ1) is 8.29. The van der Waals surface area contributed by atoms with E-state index in [9.17, 15) is 4.39 Å². The maximum Gasteiger partial charge on any atom is 0.123 e. The molecule has 0 spiro atoms. The molecule has 2 aromatic rings. The first kappa shape index (κ1) is 12.9. The van der Waals surface area contributed by atoms with E-state index in [1.807, 2.05) is 26.0 Å². The van der Waals surface area contributed by atoms with Crippen LogP contribution >= 0.6 is 0 Å². The molecule has 0 fully saturated rings. The van der Waals surface area contributed by atoms with Gasteiger partial charge >= 0.3 is 0 Å². The second kappa shape index (κ2) is 6.44. The molecular formula is C15H14FN. The summed E-state index contributed by atoms with van der Waals surface area (Å²) in [7, 11) is 0. The Kier molecular flexibility index (Phi) is 4.90. The molecule has 0 aliphatic carbocycles. The zero-order valence-corrected chi connectivity index (χ0v) is 9.94.